The van der Waals surface area contributed by atoms with Crippen LogP contribution in [0.5, 0.6) is 0 Å². The van der Waals surface area contributed by atoms with Crippen LogP contribution in [-0.4, -0.2) is 24.3 Å². The minimum Gasteiger partial charge on any atom is -0.404 e. The zero-order chi connectivity index (χ0) is 12.1. The molecule has 0 atom stereocenters. The fourth-order valence-electron chi connectivity index (χ4n) is 1.19. The third kappa shape index (κ3) is 4.29. The second-order valence-corrected chi connectivity index (χ2v) is 4.10. The smallest absolute Gasteiger partial charge is 0.404 e. The van der Waals surface area contributed by atoms with Crippen LogP contribution in [0.2, 0.25) is 0 Å². The van der Waals surface area contributed by atoms with Crippen LogP contribution in [0.1, 0.15) is 27.7 Å². The van der Waals surface area contributed by atoms with Crippen molar-refractivity contribution in [1.29, 1.82) is 0 Å². The lowest BCUT2D eigenvalue weighted by Crippen LogP contribution is -2.42. The van der Waals surface area contributed by atoms with Crippen LogP contribution < -0.4 is 5.59 Å². The molecular weight excluding hydrogens is 208 g/mol. The van der Waals surface area contributed by atoms with Gasteiger partial charge >= 0.3 is 7.12 Å². The van der Waals surface area contributed by atoms with Crippen molar-refractivity contribution in [3.8, 4) is 0 Å². The van der Waals surface area contributed by atoms with E-state index < -0.39 is 7.12 Å². The summed E-state index contributed by atoms with van der Waals surface area (Å²) in [5, 5.41) is 0. The molecule has 1 heterocycles. The maximum absolute atomic E-state index is 12.7. The van der Waals surface area contributed by atoms with Gasteiger partial charge in [0.1, 0.15) is 5.82 Å². The Balaban J connectivity index is 2.78. The van der Waals surface area contributed by atoms with Crippen molar-refractivity contribution >= 4 is 12.7 Å². The monoisotopic (exact) mass is 225 g/mol. The van der Waals surface area contributed by atoms with Gasteiger partial charge in [0.15, 0.2) is 0 Å². The molecule has 0 radical (unpaired) electrons. The molecule has 0 amide bonds. The van der Waals surface area contributed by atoms with Gasteiger partial charge in [0.25, 0.3) is 0 Å². The zero-order valence-corrected chi connectivity index (χ0v) is 10.1. The Kier molecular flexibility index (Phi) is 4.89. The van der Waals surface area contributed by atoms with Gasteiger partial charge in [0.2, 0.25) is 0 Å². The quantitative estimate of drug-likeness (QED) is 0.715. The highest BCUT2D eigenvalue weighted by Gasteiger charge is 2.25. The lowest BCUT2D eigenvalue weighted by atomic mass is 9.83. The van der Waals surface area contributed by atoms with Crippen LogP contribution >= 0.6 is 0 Å². The normalized spacial score (nSPS) is 11.2. The molecule has 16 heavy (non-hydrogen) atoms. The van der Waals surface area contributed by atoms with Crippen LogP contribution in [0.15, 0.2) is 18.3 Å². The van der Waals surface area contributed by atoms with E-state index in [4.69, 9.17) is 9.31 Å². The summed E-state index contributed by atoms with van der Waals surface area (Å²) in [6, 6.07) is 2.92. The number of pyridine rings is 1. The average Bonchev–Trinajstić information content (AvgIpc) is 2.16. The standard InChI is InChI=1S/C11H17BFNO2/c1-8(2)15-12(16-9(3)4)11-6-5-10(13)7-14-11/h5-9H,1-4H3. The molecule has 0 aliphatic carbocycles. The van der Waals surface area contributed by atoms with E-state index in [2.05, 4.69) is 4.98 Å². The Morgan fingerprint density at radius 2 is 1.69 bits per heavy atom. The summed E-state index contributed by atoms with van der Waals surface area (Å²) in [6.07, 6.45) is 1.21. The molecule has 0 N–H and O–H groups in total. The molecule has 0 saturated carbocycles. The minimum absolute atomic E-state index is 0.0237. The summed E-state index contributed by atoms with van der Waals surface area (Å²) in [5.74, 6) is -0.364. The average molecular weight is 225 g/mol. The topological polar surface area (TPSA) is 31.4 Å². The molecule has 0 fully saturated rings. The first-order valence-electron chi connectivity index (χ1n) is 5.41. The van der Waals surface area contributed by atoms with Crippen LogP contribution in [0.25, 0.3) is 0 Å². The Labute approximate surface area is 96.1 Å². The molecule has 0 saturated heterocycles. The van der Waals surface area contributed by atoms with Crippen molar-refractivity contribution in [3.63, 3.8) is 0 Å². The lowest BCUT2D eigenvalue weighted by Gasteiger charge is -2.18. The Morgan fingerprint density at radius 1 is 1.12 bits per heavy atom. The molecule has 5 heteroatoms. The Bertz CT molecular complexity index is 306. The van der Waals surface area contributed by atoms with Gasteiger partial charge < -0.3 is 9.31 Å². The van der Waals surface area contributed by atoms with E-state index >= 15 is 0 Å². The molecule has 0 unspecified atom stereocenters. The summed E-state index contributed by atoms with van der Waals surface area (Å²) in [5.41, 5.74) is 0.587. The van der Waals surface area contributed by atoms with Gasteiger partial charge in [0.05, 0.1) is 11.8 Å². The van der Waals surface area contributed by atoms with Gasteiger partial charge in [-0.25, -0.2) is 4.39 Å². The van der Waals surface area contributed by atoms with Gasteiger partial charge in [-0.2, -0.15) is 0 Å². The fraction of sp³-hybridized carbons (Fsp3) is 0.545. The lowest BCUT2D eigenvalue weighted by molar-refractivity contribution is 0.138. The molecule has 0 spiro atoms. The molecule has 0 aromatic carbocycles. The maximum Gasteiger partial charge on any atom is 0.513 e. The predicted molar refractivity (Wildman–Crippen MR) is 62.0 cm³/mol. The number of hydrogen-bond acceptors (Lipinski definition) is 3. The first-order valence-corrected chi connectivity index (χ1v) is 5.41. The molecule has 0 aliphatic heterocycles. The second kappa shape index (κ2) is 5.96. The third-order valence-electron chi connectivity index (χ3n) is 1.78. The van der Waals surface area contributed by atoms with E-state index in [-0.39, 0.29) is 18.0 Å². The van der Waals surface area contributed by atoms with E-state index in [0.29, 0.717) is 5.59 Å². The van der Waals surface area contributed by atoms with E-state index in [9.17, 15) is 4.39 Å². The summed E-state index contributed by atoms with van der Waals surface area (Å²) in [4.78, 5) is 3.96. The highest BCUT2D eigenvalue weighted by atomic mass is 19.1. The first-order chi connectivity index (χ1) is 7.49. The number of rotatable bonds is 5. The molecule has 1 aromatic rings. The summed E-state index contributed by atoms with van der Waals surface area (Å²) < 4.78 is 23.9. The summed E-state index contributed by atoms with van der Waals surface area (Å²) >= 11 is 0. The van der Waals surface area contributed by atoms with Gasteiger partial charge in [-0.05, 0) is 39.8 Å². The van der Waals surface area contributed by atoms with Crippen molar-refractivity contribution in [2.45, 2.75) is 39.9 Å². The number of hydrogen-bond donors (Lipinski definition) is 0. The Hall–Kier alpha value is -0.935. The van der Waals surface area contributed by atoms with E-state index in [1.165, 1.54) is 6.07 Å². The van der Waals surface area contributed by atoms with Crippen molar-refractivity contribution in [1.82, 2.24) is 4.98 Å². The third-order valence-corrected chi connectivity index (χ3v) is 1.78. The molecule has 3 nitrogen and oxygen atoms in total. The number of nitrogens with zero attached hydrogens (tertiary/aromatic N) is 1. The number of halogens is 1. The van der Waals surface area contributed by atoms with Crippen LogP contribution in [0.3, 0.4) is 0 Å². The van der Waals surface area contributed by atoms with Crippen molar-refractivity contribution < 1.29 is 13.7 Å². The molecule has 0 bridgehead atoms. The maximum atomic E-state index is 12.7. The zero-order valence-electron chi connectivity index (χ0n) is 10.1. The van der Waals surface area contributed by atoms with Gasteiger partial charge in [-0.1, -0.05) is 0 Å². The fourth-order valence-corrected chi connectivity index (χ4v) is 1.19. The van der Waals surface area contributed by atoms with Gasteiger partial charge in [-0.15, -0.1) is 0 Å². The molecule has 1 aromatic heterocycles. The van der Waals surface area contributed by atoms with Crippen molar-refractivity contribution in [2.75, 3.05) is 0 Å². The van der Waals surface area contributed by atoms with Gasteiger partial charge in [0, 0.05) is 12.2 Å². The van der Waals surface area contributed by atoms with E-state index in [0.717, 1.165) is 6.20 Å². The van der Waals surface area contributed by atoms with E-state index in [1.807, 2.05) is 27.7 Å². The first kappa shape index (κ1) is 13.1. The highest BCUT2D eigenvalue weighted by Crippen LogP contribution is 2.01. The van der Waals surface area contributed by atoms with Crippen LogP contribution in [0.4, 0.5) is 4.39 Å². The Morgan fingerprint density at radius 3 is 2.06 bits per heavy atom. The van der Waals surface area contributed by atoms with E-state index in [1.54, 1.807) is 6.07 Å². The summed E-state index contributed by atoms with van der Waals surface area (Å²) in [6.45, 7) is 7.67. The number of aromatic nitrogens is 1. The molecular formula is C11H17BFNO2. The largest absolute Gasteiger partial charge is 0.513 e. The SMILES string of the molecule is CC(C)OB(OC(C)C)c1ccc(F)cn1. The molecule has 1 rings (SSSR count). The second-order valence-electron chi connectivity index (χ2n) is 4.10. The minimum atomic E-state index is -0.541. The molecule has 88 valence electrons. The van der Waals surface area contributed by atoms with Crippen LogP contribution in [-0.2, 0) is 9.31 Å². The van der Waals surface area contributed by atoms with Crippen LogP contribution in [0, 0.1) is 5.82 Å². The van der Waals surface area contributed by atoms with Crippen molar-refractivity contribution in [3.05, 3.63) is 24.1 Å². The highest BCUT2D eigenvalue weighted by molar-refractivity contribution is 6.60. The van der Waals surface area contributed by atoms with Gasteiger partial charge in [-0.3, -0.25) is 4.98 Å². The predicted octanol–water partition coefficient (Wildman–Crippen LogP) is 1.77. The molecule has 0 aliphatic rings. The van der Waals surface area contributed by atoms with Crippen molar-refractivity contribution in [2.24, 2.45) is 0 Å². The summed E-state index contributed by atoms with van der Waals surface area (Å²) in [7, 11) is -0.541.